The summed E-state index contributed by atoms with van der Waals surface area (Å²) < 4.78 is 0. The molecule has 0 aliphatic heterocycles. The van der Waals surface area contributed by atoms with Crippen molar-refractivity contribution in [3.63, 3.8) is 0 Å². The maximum Gasteiger partial charge on any atom is 0.226 e. The van der Waals surface area contributed by atoms with Crippen LogP contribution in [0.2, 0.25) is 0 Å². The van der Waals surface area contributed by atoms with Crippen molar-refractivity contribution in [2.24, 2.45) is 11.1 Å². The average molecular weight is 243 g/mol. The molecule has 0 aromatic heterocycles. The van der Waals surface area contributed by atoms with E-state index in [1.807, 2.05) is 13.8 Å². The van der Waals surface area contributed by atoms with E-state index in [1.165, 1.54) is 0 Å². The van der Waals surface area contributed by atoms with E-state index in [0.717, 1.165) is 6.42 Å². The molecule has 0 rings (SSSR count). The van der Waals surface area contributed by atoms with E-state index in [0.29, 0.717) is 13.0 Å². The number of nitrogens with one attached hydrogen (secondary N) is 2. The Morgan fingerprint density at radius 2 is 1.94 bits per heavy atom. The fourth-order valence-corrected chi connectivity index (χ4v) is 1.07. The fraction of sp³-hybridized carbons (Fsp3) is 0.833. The van der Waals surface area contributed by atoms with Crippen molar-refractivity contribution >= 4 is 11.8 Å². The Balaban J connectivity index is 3.85. The lowest BCUT2D eigenvalue weighted by molar-refractivity contribution is -0.129. The smallest absolute Gasteiger partial charge is 0.226 e. The summed E-state index contributed by atoms with van der Waals surface area (Å²) in [7, 11) is 0. The van der Waals surface area contributed by atoms with Gasteiger partial charge in [0.1, 0.15) is 0 Å². The molecule has 0 aliphatic carbocycles. The van der Waals surface area contributed by atoms with Crippen molar-refractivity contribution in [3.8, 4) is 0 Å². The van der Waals surface area contributed by atoms with Crippen molar-refractivity contribution in [1.82, 2.24) is 10.6 Å². The quantitative estimate of drug-likeness (QED) is 0.605. The lowest BCUT2D eigenvalue weighted by Crippen LogP contribution is -2.43. The zero-order valence-corrected chi connectivity index (χ0v) is 11.3. The number of hydrogen-bond acceptors (Lipinski definition) is 3. The van der Waals surface area contributed by atoms with Gasteiger partial charge in [-0.3, -0.25) is 9.59 Å². The van der Waals surface area contributed by atoms with Crippen LogP contribution in [0.25, 0.3) is 0 Å². The number of nitrogens with two attached hydrogens (primary N) is 1. The van der Waals surface area contributed by atoms with Crippen LogP contribution in [0.5, 0.6) is 0 Å². The van der Waals surface area contributed by atoms with Crippen LogP contribution in [0.4, 0.5) is 0 Å². The first-order chi connectivity index (χ1) is 7.83. The zero-order valence-electron chi connectivity index (χ0n) is 11.3. The minimum atomic E-state index is -0.576. The summed E-state index contributed by atoms with van der Waals surface area (Å²) in [4.78, 5) is 23.1. The summed E-state index contributed by atoms with van der Waals surface area (Å²) in [5, 5.41) is 5.56. The molecule has 0 saturated heterocycles. The Morgan fingerprint density at radius 3 is 2.41 bits per heavy atom. The van der Waals surface area contributed by atoms with Crippen LogP contribution in [-0.2, 0) is 9.59 Å². The summed E-state index contributed by atoms with van der Waals surface area (Å²) in [5.74, 6) is -0.151. The van der Waals surface area contributed by atoms with Crippen LogP contribution < -0.4 is 16.4 Å². The van der Waals surface area contributed by atoms with Gasteiger partial charge in [0.25, 0.3) is 0 Å². The van der Waals surface area contributed by atoms with E-state index in [9.17, 15) is 9.59 Å². The molecule has 5 heteroatoms. The standard InChI is InChI=1S/C12H25N3O2/c1-5-9(2)15-10(16)6-7-14-11(17)12(3,4)8-13/h9H,5-8,13H2,1-4H3,(H,14,17)(H,15,16). The monoisotopic (exact) mass is 243 g/mol. The van der Waals surface area contributed by atoms with Crippen molar-refractivity contribution in [3.05, 3.63) is 0 Å². The number of amides is 2. The highest BCUT2D eigenvalue weighted by Gasteiger charge is 2.25. The number of carbonyl (C=O) groups excluding carboxylic acids is 2. The predicted molar refractivity (Wildman–Crippen MR) is 68.4 cm³/mol. The molecule has 0 aromatic rings. The fourth-order valence-electron chi connectivity index (χ4n) is 1.07. The Labute approximate surface area is 104 Å². The summed E-state index contributed by atoms with van der Waals surface area (Å²) in [6.45, 7) is 8.16. The molecule has 2 amide bonds. The van der Waals surface area contributed by atoms with E-state index in [4.69, 9.17) is 5.73 Å². The molecular formula is C12H25N3O2. The van der Waals surface area contributed by atoms with Gasteiger partial charge in [-0.1, -0.05) is 6.92 Å². The Bertz CT molecular complexity index is 264. The molecule has 0 radical (unpaired) electrons. The second-order valence-electron chi connectivity index (χ2n) is 4.97. The molecule has 1 unspecified atom stereocenters. The SMILES string of the molecule is CCC(C)NC(=O)CCNC(=O)C(C)(C)CN. The maximum absolute atomic E-state index is 11.6. The van der Waals surface area contributed by atoms with Crippen LogP contribution in [0, 0.1) is 5.41 Å². The first-order valence-corrected chi connectivity index (χ1v) is 6.11. The summed E-state index contributed by atoms with van der Waals surface area (Å²) in [6.07, 6.45) is 1.20. The van der Waals surface area contributed by atoms with E-state index >= 15 is 0 Å². The molecule has 0 aliphatic rings. The molecular weight excluding hydrogens is 218 g/mol. The van der Waals surface area contributed by atoms with Gasteiger partial charge < -0.3 is 16.4 Å². The van der Waals surface area contributed by atoms with Gasteiger partial charge in [0, 0.05) is 25.6 Å². The molecule has 100 valence electrons. The topological polar surface area (TPSA) is 84.2 Å². The van der Waals surface area contributed by atoms with Gasteiger partial charge in [0.2, 0.25) is 11.8 Å². The molecule has 4 N–H and O–H groups in total. The number of carbonyl (C=O) groups is 2. The van der Waals surface area contributed by atoms with Crippen LogP contribution >= 0.6 is 0 Å². The Morgan fingerprint density at radius 1 is 1.35 bits per heavy atom. The van der Waals surface area contributed by atoms with Crippen LogP contribution in [-0.4, -0.2) is 30.9 Å². The second-order valence-corrected chi connectivity index (χ2v) is 4.97. The first kappa shape index (κ1) is 15.9. The van der Waals surface area contributed by atoms with E-state index in [1.54, 1.807) is 13.8 Å². The molecule has 0 aromatic carbocycles. The predicted octanol–water partition coefficient (Wildman–Crippen LogP) is 0.392. The van der Waals surface area contributed by atoms with E-state index < -0.39 is 5.41 Å². The molecule has 1 atom stereocenters. The van der Waals surface area contributed by atoms with Gasteiger partial charge in [-0.25, -0.2) is 0 Å². The minimum absolute atomic E-state index is 0.0368. The largest absolute Gasteiger partial charge is 0.355 e. The molecule has 0 spiro atoms. The molecule has 0 heterocycles. The van der Waals surface area contributed by atoms with Crippen molar-refractivity contribution < 1.29 is 9.59 Å². The molecule has 0 saturated carbocycles. The van der Waals surface area contributed by atoms with Gasteiger partial charge in [-0.2, -0.15) is 0 Å². The molecule has 0 bridgehead atoms. The van der Waals surface area contributed by atoms with Crippen molar-refractivity contribution in [2.75, 3.05) is 13.1 Å². The van der Waals surface area contributed by atoms with Gasteiger partial charge in [0.05, 0.1) is 5.41 Å². The second kappa shape index (κ2) is 7.27. The number of rotatable bonds is 7. The Hall–Kier alpha value is -1.10. The van der Waals surface area contributed by atoms with Crippen molar-refractivity contribution in [1.29, 1.82) is 0 Å². The molecule has 5 nitrogen and oxygen atoms in total. The van der Waals surface area contributed by atoms with Crippen LogP contribution in [0.1, 0.15) is 40.5 Å². The van der Waals surface area contributed by atoms with E-state index in [-0.39, 0.29) is 24.4 Å². The Kier molecular flexibility index (Phi) is 6.80. The summed E-state index contributed by atoms with van der Waals surface area (Å²) in [6, 6.07) is 0.179. The minimum Gasteiger partial charge on any atom is -0.355 e. The van der Waals surface area contributed by atoms with Crippen molar-refractivity contribution in [2.45, 2.75) is 46.6 Å². The third-order valence-corrected chi connectivity index (χ3v) is 2.78. The third-order valence-electron chi connectivity index (χ3n) is 2.78. The molecule has 17 heavy (non-hydrogen) atoms. The zero-order chi connectivity index (χ0) is 13.5. The average Bonchev–Trinajstić information content (AvgIpc) is 2.28. The normalized spacial score (nSPS) is 13.0. The maximum atomic E-state index is 11.6. The van der Waals surface area contributed by atoms with Gasteiger partial charge >= 0.3 is 0 Å². The van der Waals surface area contributed by atoms with Crippen LogP contribution in [0.3, 0.4) is 0 Å². The van der Waals surface area contributed by atoms with Gasteiger partial charge in [0.15, 0.2) is 0 Å². The third kappa shape index (κ3) is 6.26. The lowest BCUT2D eigenvalue weighted by Gasteiger charge is -2.21. The lowest BCUT2D eigenvalue weighted by atomic mass is 9.93. The first-order valence-electron chi connectivity index (χ1n) is 6.11. The highest BCUT2D eigenvalue weighted by molar-refractivity contribution is 5.83. The highest BCUT2D eigenvalue weighted by atomic mass is 16.2. The highest BCUT2D eigenvalue weighted by Crippen LogP contribution is 2.11. The van der Waals surface area contributed by atoms with E-state index in [2.05, 4.69) is 10.6 Å². The van der Waals surface area contributed by atoms with Gasteiger partial charge in [-0.05, 0) is 27.2 Å². The number of hydrogen-bond donors (Lipinski definition) is 3. The summed E-state index contributed by atoms with van der Waals surface area (Å²) in [5.41, 5.74) is 4.91. The van der Waals surface area contributed by atoms with Gasteiger partial charge in [-0.15, -0.1) is 0 Å². The molecule has 0 fully saturated rings. The van der Waals surface area contributed by atoms with Crippen LogP contribution in [0.15, 0.2) is 0 Å². The summed E-state index contributed by atoms with van der Waals surface area (Å²) >= 11 is 0.